The lowest BCUT2D eigenvalue weighted by molar-refractivity contribution is -0.124. The van der Waals surface area contributed by atoms with Crippen LogP contribution in [0.5, 0.6) is 0 Å². The van der Waals surface area contributed by atoms with E-state index in [-0.39, 0.29) is 30.4 Å². The third kappa shape index (κ3) is 3.57. The highest BCUT2D eigenvalue weighted by atomic mass is 16.5. The summed E-state index contributed by atoms with van der Waals surface area (Å²) in [4.78, 5) is 33.4. The molecule has 1 aromatic heterocycles. The molecule has 3 heterocycles. The Bertz CT molecular complexity index is 840. The van der Waals surface area contributed by atoms with Gasteiger partial charge < -0.3 is 14.5 Å². The number of carbonyl (C=O) groups is 2. The molecule has 2 saturated heterocycles. The summed E-state index contributed by atoms with van der Waals surface area (Å²) in [6.07, 6.45) is 2.38. The quantitative estimate of drug-likeness (QED) is 0.819. The van der Waals surface area contributed by atoms with Crippen molar-refractivity contribution >= 4 is 17.5 Å². The number of amides is 2. The molecule has 0 unspecified atom stereocenters. The van der Waals surface area contributed by atoms with Gasteiger partial charge in [-0.2, -0.15) is 0 Å². The number of hydrogen-bond acceptors (Lipinski definition) is 4. The van der Waals surface area contributed by atoms with Crippen molar-refractivity contribution in [1.82, 2.24) is 9.88 Å². The number of fused-ring (bicyclic) bond motifs is 1. The van der Waals surface area contributed by atoms with Crippen LogP contribution < -0.4 is 4.90 Å². The van der Waals surface area contributed by atoms with Crippen LogP contribution in [0, 0.1) is 12.8 Å². The standard InChI is InChI=1S/C21H23N3O3/c1-15-6-5-10-22-20(15)21(26)23-11-9-18-16(12-23)13-24(19(25)14-27-18)17-7-3-2-4-8-17/h2-8,10,16,18H,9,11-14H2,1H3/t16-,18+/m1/s1. The molecular weight excluding hydrogens is 342 g/mol. The highest BCUT2D eigenvalue weighted by Crippen LogP contribution is 2.28. The molecule has 2 aliphatic rings. The smallest absolute Gasteiger partial charge is 0.272 e. The predicted molar refractivity (Wildman–Crippen MR) is 102 cm³/mol. The zero-order chi connectivity index (χ0) is 18.8. The number of rotatable bonds is 2. The Labute approximate surface area is 158 Å². The first kappa shape index (κ1) is 17.7. The van der Waals surface area contributed by atoms with Gasteiger partial charge in [0.1, 0.15) is 12.3 Å². The van der Waals surface area contributed by atoms with Gasteiger partial charge >= 0.3 is 0 Å². The summed E-state index contributed by atoms with van der Waals surface area (Å²) in [6, 6.07) is 13.4. The van der Waals surface area contributed by atoms with Crippen molar-refractivity contribution in [2.75, 3.05) is 31.1 Å². The first-order valence-corrected chi connectivity index (χ1v) is 9.31. The minimum atomic E-state index is -0.0478. The number of aryl methyl sites for hydroxylation is 1. The Kier molecular flexibility index (Phi) is 4.90. The molecule has 0 bridgehead atoms. The molecule has 140 valence electrons. The number of piperidine rings is 1. The van der Waals surface area contributed by atoms with Gasteiger partial charge in [0, 0.05) is 37.4 Å². The molecule has 0 aliphatic carbocycles. The lowest BCUT2D eigenvalue weighted by Crippen LogP contribution is -2.49. The van der Waals surface area contributed by atoms with Crippen LogP contribution in [0.25, 0.3) is 0 Å². The average molecular weight is 365 g/mol. The second kappa shape index (κ2) is 7.48. The zero-order valence-corrected chi connectivity index (χ0v) is 15.4. The van der Waals surface area contributed by atoms with Crippen molar-refractivity contribution in [2.45, 2.75) is 19.4 Å². The van der Waals surface area contributed by atoms with Gasteiger partial charge in [0.25, 0.3) is 11.8 Å². The van der Waals surface area contributed by atoms with Gasteiger partial charge in [-0.05, 0) is 37.1 Å². The van der Waals surface area contributed by atoms with Crippen molar-refractivity contribution in [2.24, 2.45) is 5.92 Å². The first-order chi connectivity index (χ1) is 13.1. The van der Waals surface area contributed by atoms with E-state index in [1.54, 1.807) is 11.1 Å². The Morgan fingerprint density at radius 2 is 1.96 bits per heavy atom. The topological polar surface area (TPSA) is 62.7 Å². The monoisotopic (exact) mass is 365 g/mol. The summed E-state index contributed by atoms with van der Waals surface area (Å²) < 4.78 is 5.88. The molecule has 1 aromatic carbocycles. The van der Waals surface area contributed by atoms with Gasteiger partial charge in [-0.1, -0.05) is 24.3 Å². The molecule has 27 heavy (non-hydrogen) atoms. The lowest BCUT2D eigenvalue weighted by Gasteiger charge is -2.38. The third-order valence-electron chi connectivity index (χ3n) is 5.37. The number of anilines is 1. The van der Waals surface area contributed by atoms with Gasteiger partial charge in [0.05, 0.1) is 6.10 Å². The van der Waals surface area contributed by atoms with Crippen LogP contribution in [-0.4, -0.2) is 54.0 Å². The van der Waals surface area contributed by atoms with Crippen molar-refractivity contribution in [3.8, 4) is 0 Å². The first-order valence-electron chi connectivity index (χ1n) is 9.31. The highest BCUT2D eigenvalue weighted by molar-refractivity contribution is 5.95. The number of carbonyl (C=O) groups excluding carboxylic acids is 2. The van der Waals surface area contributed by atoms with Gasteiger partial charge in [0.2, 0.25) is 0 Å². The lowest BCUT2D eigenvalue weighted by atomic mass is 9.93. The van der Waals surface area contributed by atoms with Crippen LogP contribution in [0.2, 0.25) is 0 Å². The van der Waals surface area contributed by atoms with E-state index < -0.39 is 0 Å². The summed E-state index contributed by atoms with van der Waals surface area (Å²) in [5.74, 6) is 0.000746. The highest BCUT2D eigenvalue weighted by Gasteiger charge is 2.38. The second-order valence-electron chi connectivity index (χ2n) is 7.16. The van der Waals surface area contributed by atoms with Gasteiger partial charge in [-0.15, -0.1) is 0 Å². The Hall–Kier alpha value is -2.73. The fourth-order valence-electron chi connectivity index (χ4n) is 3.90. The van der Waals surface area contributed by atoms with Gasteiger partial charge in [-0.25, -0.2) is 0 Å². The van der Waals surface area contributed by atoms with Crippen molar-refractivity contribution < 1.29 is 14.3 Å². The molecular formula is C21H23N3O3. The summed E-state index contributed by atoms with van der Waals surface area (Å²) in [5.41, 5.74) is 2.25. The number of hydrogen-bond donors (Lipinski definition) is 0. The Morgan fingerprint density at radius 3 is 2.74 bits per heavy atom. The normalized spacial score (nSPS) is 22.9. The third-order valence-corrected chi connectivity index (χ3v) is 5.37. The van der Waals surface area contributed by atoms with Crippen molar-refractivity contribution in [3.05, 3.63) is 59.9 Å². The van der Waals surface area contributed by atoms with Crippen LogP contribution in [0.3, 0.4) is 0 Å². The van der Waals surface area contributed by atoms with Crippen LogP contribution in [0.4, 0.5) is 5.69 Å². The summed E-state index contributed by atoms with van der Waals surface area (Å²) in [7, 11) is 0. The molecule has 2 aliphatic heterocycles. The molecule has 0 saturated carbocycles. The summed E-state index contributed by atoms with van der Waals surface area (Å²) in [5, 5.41) is 0. The van der Waals surface area contributed by atoms with Crippen molar-refractivity contribution in [1.29, 1.82) is 0 Å². The number of likely N-dealkylation sites (tertiary alicyclic amines) is 1. The maximum atomic E-state index is 12.9. The SMILES string of the molecule is Cc1cccnc1C(=O)N1CC[C@@H]2OCC(=O)N(c3ccccc3)C[C@H]2C1. The predicted octanol–water partition coefficient (Wildman–Crippen LogP) is 2.28. The number of benzene rings is 1. The van der Waals surface area contributed by atoms with Gasteiger partial charge in [-0.3, -0.25) is 14.6 Å². The summed E-state index contributed by atoms with van der Waals surface area (Å²) in [6.45, 7) is 3.73. The number of aromatic nitrogens is 1. The minimum Gasteiger partial charge on any atom is -0.368 e. The minimum absolute atomic E-state index is 0.00320. The molecule has 2 aromatic rings. The Morgan fingerprint density at radius 1 is 1.15 bits per heavy atom. The number of para-hydroxylation sites is 1. The molecule has 0 N–H and O–H groups in total. The molecule has 0 spiro atoms. The van der Waals surface area contributed by atoms with E-state index in [1.165, 1.54) is 0 Å². The molecule has 2 fully saturated rings. The largest absolute Gasteiger partial charge is 0.368 e. The zero-order valence-electron chi connectivity index (χ0n) is 15.4. The van der Waals surface area contributed by atoms with E-state index in [1.807, 2.05) is 54.3 Å². The summed E-state index contributed by atoms with van der Waals surface area (Å²) >= 11 is 0. The molecule has 6 nitrogen and oxygen atoms in total. The fraction of sp³-hybridized carbons (Fsp3) is 0.381. The van der Waals surface area contributed by atoms with Crippen LogP contribution in [0.1, 0.15) is 22.5 Å². The Balaban J connectivity index is 1.54. The van der Waals surface area contributed by atoms with E-state index in [4.69, 9.17) is 4.74 Å². The average Bonchev–Trinajstić information content (AvgIpc) is 2.87. The van der Waals surface area contributed by atoms with E-state index in [0.717, 1.165) is 17.7 Å². The second-order valence-corrected chi connectivity index (χ2v) is 7.16. The van der Waals surface area contributed by atoms with Crippen LogP contribution >= 0.6 is 0 Å². The maximum Gasteiger partial charge on any atom is 0.272 e. The maximum absolute atomic E-state index is 12.9. The number of nitrogens with zero attached hydrogens (tertiary/aromatic N) is 3. The van der Waals surface area contributed by atoms with E-state index in [9.17, 15) is 9.59 Å². The van der Waals surface area contributed by atoms with Crippen LogP contribution in [0.15, 0.2) is 48.7 Å². The van der Waals surface area contributed by atoms with E-state index >= 15 is 0 Å². The van der Waals surface area contributed by atoms with Gasteiger partial charge in [0.15, 0.2) is 0 Å². The van der Waals surface area contributed by atoms with Crippen molar-refractivity contribution in [3.63, 3.8) is 0 Å². The van der Waals surface area contributed by atoms with E-state index in [2.05, 4.69) is 4.98 Å². The number of ether oxygens (including phenoxy) is 1. The molecule has 2 atom stereocenters. The van der Waals surface area contributed by atoms with E-state index in [0.29, 0.717) is 25.3 Å². The number of pyridine rings is 1. The van der Waals surface area contributed by atoms with Crippen LogP contribution in [-0.2, 0) is 9.53 Å². The molecule has 0 radical (unpaired) electrons. The molecule has 6 heteroatoms. The molecule has 2 amide bonds. The fourth-order valence-corrected chi connectivity index (χ4v) is 3.90. The molecule has 4 rings (SSSR count).